The second-order valence-corrected chi connectivity index (χ2v) is 8.92. The van der Waals surface area contributed by atoms with Crippen molar-refractivity contribution in [2.24, 2.45) is 5.73 Å². The first-order valence-corrected chi connectivity index (χ1v) is 10.3. The highest BCUT2D eigenvalue weighted by Gasteiger charge is 2.37. The van der Waals surface area contributed by atoms with E-state index >= 15 is 0 Å². The number of fused-ring (bicyclic) bond motifs is 2. The molecule has 0 radical (unpaired) electrons. The number of aromatic nitrogens is 1. The molecule has 0 spiro atoms. The van der Waals surface area contributed by atoms with Crippen molar-refractivity contribution < 1.29 is 8.78 Å². The van der Waals surface area contributed by atoms with Crippen LogP contribution in [0.1, 0.15) is 37.0 Å². The summed E-state index contributed by atoms with van der Waals surface area (Å²) in [6.45, 7) is 7.18. The fraction of sp³-hybridized carbons (Fsp3) is 0.375. The molecule has 4 nitrogen and oxygen atoms in total. The van der Waals surface area contributed by atoms with Crippen LogP contribution in [-0.4, -0.2) is 23.6 Å². The molecule has 2 aromatic carbocycles. The van der Waals surface area contributed by atoms with Gasteiger partial charge in [-0.3, -0.25) is 0 Å². The largest absolute Gasteiger partial charge is 0.383 e. The molecule has 0 saturated heterocycles. The van der Waals surface area contributed by atoms with E-state index in [2.05, 4.69) is 11.4 Å². The van der Waals surface area contributed by atoms with E-state index in [1.165, 1.54) is 6.07 Å². The number of halogens is 2. The van der Waals surface area contributed by atoms with E-state index in [1.807, 2.05) is 49.9 Å². The van der Waals surface area contributed by atoms with Crippen molar-refractivity contribution >= 4 is 22.4 Å². The Labute approximate surface area is 176 Å². The lowest BCUT2D eigenvalue weighted by atomic mass is 10.0. The van der Waals surface area contributed by atoms with Crippen molar-refractivity contribution in [2.75, 3.05) is 23.3 Å². The minimum Gasteiger partial charge on any atom is -0.383 e. The van der Waals surface area contributed by atoms with Crippen molar-refractivity contribution in [3.05, 3.63) is 65.2 Å². The number of hydrogen-bond acceptors (Lipinski definition) is 4. The van der Waals surface area contributed by atoms with Gasteiger partial charge in [-0.15, -0.1) is 0 Å². The van der Waals surface area contributed by atoms with Crippen LogP contribution in [-0.2, 0) is 12.5 Å². The first kappa shape index (κ1) is 20.5. The Balaban J connectivity index is 1.76. The number of anilines is 2. The normalized spacial score (nSPS) is 16.3. The summed E-state index contributed by atoms with van der Waals surface area (Å²) in [7, 11) is 0. The third kappa shape index (κ3) is 4.24. The molecule has 0 amide bonds. The highest BCUT2D eigenvalue weighted by atomic mass is 19.3. The number of aryl methyl sites for hydroxylation is 1. The van der Waals surface area contributed by atoms with Crippen LogP contribution in [0.25, 0.3) is 10.9 Å². The third-order valence-corrected chi connectivity index (χ3v) is 5.48. The lowest BCUT2D eigenvalue weighted by Gasteiger charge is -2.25. The summed E-state index contributed by atoms with van der Waals surface area (Å²) >= 11 is 0. The fourth-order valence-corrected chi connectivity index (χ4v) is 3.86. The zero-order valence-electron chi connectivity index (χ0n) is 17.7. The van der Waals surface area contributed by atoms with Crippen LogP contribution in [0, 0.1) is 6.92 Å². The molecule has 1 aromatic heterocycles. The Morgan fingerprint density at radius 2 is 1.93 bits per heavy atom. The Hall–Kier alpha value is -2.73. The molecule has 0 aliphatic carbocycles. The number of pyridine rings is 1. The monoisotopic (exact) mass is 410 g/mol. The molecule has 6 heteroatoms. The maximum Gasteiger partial charge on any atom is 0.275 e. The molecule has 3 aromatic rings. The number of nitrogens with zero attached hydrogens (tertiary/aromatic N) is 2. The first-order valence-electron chi connectivity index (χ1n) is 10.3. The minimum atomic E-state index is -2.84. The van der Waals surface area contributed by atoms with Crippen LogP contribution >= 0.6 is 0 Å². The number of nitrogens with one attached hydrogen (secondary N) is 1. The molecule has 158 valence electrons. The Morgan fingerprint density at radius 3 is 2.70 bits per heavy atom. The van der Waals surface area contributed by atoms with E-state index in [0.717, 1.165) is 22.2 Å². The standard InChI is InChI=1S/C24H28F2N4/c1-16-8-9-20-18(12-16)21(28-15-23(2,3)27)13-22(29-20)30-11-10-24(25,26)19-7-5-4-6-17(19)14-30/h4-9,12-13H,10-11,14-15,27H2,1-3H3,(H,28,29). The summed E-state index contributed by atoms with van der Waals surface area (Å²) in [4.78, 5) is 6.76. The van der Waals surface area contributed by atoms with Gasteiger partial charge in [-0.2, -0.15) is 0 Å². The Bertz CT molecular complexity index is 1070. The summed E-state index contributed by atoms with van der Waals surface area (Å²) in [5.74, 6) is -2.15. The highest BCUT2D eigenvalue weighted by Crippen LogP contribution is 2.39. The predicted octanol–water partition coefficient (Wildman–Crippen LogP) is 5.19. The van der Waals surface area contributed by atoms with Crippen molar-refractivity contribution in [1.29, 1.82) is 0 Å². The quantitative estimate of drug-likeness (QED) is 0.621. The summed E-state index contributed by atoms with van der Waals surface area (Å²) in [6.07, 6.45) is -0.240. The molecule has 0 fully saturated rings. The van der Waals surface area contributed by atoms with Gasteiger partial charge in [0.1, 0.15) is 5.82 Å². The number of benzene rings is 2. The van der Waals surface area contributed by atoms with Crippen molar-refractivity contribution in [3.8, 4) is 0 Å². The van der Waals surface area contributed by atoms with Gasteiger partial charge in [0.2, 0.25) is 0 Å². The van der Waals surface area contributed by atoms with E-state index in [0.29, 0.717) is 24.5 Å². The third-order valence-electron chi connectivity index (χ3n) is 5.48. The molecular weight excluding hydrogens is 382 g/mol. The molecule has 30 heavy (non-hydrogen) atoms. The second kappa shape index (κ2) is 7.51. The second-order valence-electron chi connectivity index (χ2n) is 8.92. The van der Waals surface area contributed by atoms with Crippen LogP contribution in [0.15, 0.2) is 48.5 Å². The Kier molecular flexibility index (Phi) is 5.14. The summed E-state index contributed by atoms with van der Waals surface area (Å²) in [5, 5.41) is 4.45. The van der Waals surface area contributed by atoms with Crippen LogP contribution < -0.4 is 16.0 Å². The van der Waals surface area contributed by atoms with E-state index in [9.17, 15) is 8.78 Å². The van der Waals surface area contributed by atoms with Gasteiger partial charge in [0.25, 0.3) is 5.92 Å². The zero-order valence-corrected chi connectivity index (χ0v) is 17.7. The number of alkyl halides is 2. The molecule has 1 aliphatic heterocycles. The molecule has 3 N–H and O–H groups in total. The van der Waals surface area contributed by atoms with Gasteiger partial charge in [0.15, 0.2) is 0 Å². The number of rotatable bonds is 4. The maximum atomic E-state index is 14.7. The topological polar surface area (TPSA) is 54.2 Å². The van der Waals surface area contributed by atoms with E-state index in [1.54, 1.807) is 12.1 Å². The minimum absolute atomic E-state index is 0.118. The van der Waals surface area contributed by atoms with Crippen LogP contribution in [0.3, 0.4) is 0 Å². The average Bonchev–Trinajstić information content (AvgIpc) is 2.82. The molecule has 0 saturated carbocycles. The molecular formula is C24H28F2N4. The fourth-order valence-electron chi connectivity index (χ4n) is 3.86. The maximum absolute atomic E-state index is 14.7. The van der Waals surface area contributed by atoms with Crippen LogP contribution in [0.2, 0.25) is 0 Å². The Morgan fingerprint density at radius 1 is 1.17 bits per heavy atom. The van der Waals surface area contributed by atoms with Crippen molar-refractivity contribution in [3.63, 3.8) is 0 Å². The smallest absolute Gasteiger partial charge is 0.275 e. The van der Waals surface area contributed by atoms with Crippen LogP contribution in [0.5, 0.6) is 0 Å². The molecule has 0 unspecified atom stereocenters. The van der Waals surface area contributed by atoms with Gasteiger partial charge in [-0.25, -0.2) is 13.8 Å². The molecule has 2 heterocycles. The van der Waals surface area contributed by atoms with E-state index in [4.69, 9.17) is 10.7 Å². The SMILES string of the molecule is Cc1ccc2nc(N3CCC(F)(F)c4ccccc4C3)cc(NCC(C)(C)N)c2c1. The summed E-state index contributed by atoms with van der Waals surface area (Å²) in [5.41, 5.74) is 9.43. The summed E-state index contributed by atoms with van der Waals surface area (Å²) in [6, 6.07) is 14.8. The lowest BCUT2D eigenvalue weighted by molar-refractivity contribution is -0.00967. The van der Waals surface area contributed by atoms with Crippen LogP contribution in [0.4, 0.5) is 20.3 Å². The molecule has 0 bridgehead atoms. The first-order chi connectivity index (χ1) is 14.1. The predicted molar refractivity (Wildman–Crippen MR) is 119 cm³/mol. The van der Waals surface area contributed by atoms with Gasteiger partial charge in [0, 0.05) is 54.3 Å². The molecule has 4 rings (SSSR count). The van der Waals surface area contributed by atoms with Gasteiger partial charge in [-0.1, -0.05) is 35.9 Å². The lowest BCUT2D eigenvalue weighted by Crippen LogP contribution is -2.39. The van der Waals surface area contributed by atoms with Gasteiger partial charge in [0.05, 0.1) is 5.52 Å². The van der Waals surface area contributed by atoms with Gasteiger partial charge < -0.3 is 16.0 Å². The van der Waals surface area contributed by atoms with Crippen molar-refractivity contribution in [1.82, 2.24) is 4.98 Å². The highest BCUT2D eigenvalue weighted by molar-refractivity contribution is 5.93. The molecule has 1 aliphatic rings. The van der Waals surface area contributed by atoms with Gasteiger partial charge in [-0.05, 0) is 38.5 Å². The van der Waals surface area contributed by atoms with E-state index < -0.39 is 5.92 Å². The van der Waals surface area contributed by atoms with E-state index in [-0.39, 0.29) is 24.1 Å². The number of nitrogens with two attached hydrogens (primary N) is 1. The zero-order chi connectivity index (χ0) is 21.5. The average molecular weight is 411 g/mol. The number of hydrogen-bond donors (Lipinski definition) is 2. The van der Waals surface area contributed by atoms with Gasteiger partial charge >= 0.3 is 0 Å². The van der Waals surface area contributed by atoms with Crippen molar-refractivity contribution in [2.45, 2.75) is 45.2 Å². The summed E-state index contributed by atoms with van der Waals surface area (Å²) < 4.78 is 29.4. The molecule has 0 atom stereocenters.